The Hall–Kier alpha value is -2.29. The molecule has 23 heavy (non-hydrogen) atoms. The van der Waals surface area contributed by atoms with E-state index in [0.717, 1.165) is 37.4 Å². The first-order chi connectivity index (χ1) is 11.2. The van der Waals surface area contributed by atoms with Crippen molar-refractivity contribution in [3.8, 4) is 0 Å². The van der Waals surface area contributed by atoms with Gasteiger partial charge in [-0.3, -0.25) is 4.79 Å². The van der Waals surface area contributed by atoms with Crippen LogP contribution in [0.5, 0.6) is 0 Å². The van der Waals surface area contributed by atoms with Crippen LogP contribution in [0.3, 0.4) is 0 Å². The highest BCUT2D eigenvalue weighted by Gasteiger charge is 2.22. The highest BCUT2D eigenvalue weighted by atomic mass is 16.1. The lowest BCUT2D eigenvalue weighted by Crippen LogP contribution is -2.28. The minimum atomic E-state index is -0.0767. The van der Waals surface area contributed by atoms with Gasteiger partial charge in [0.2, 0.25) is 0 Å². The Kier molecular flexibility index (Phi) is 4.65. The summed E-state index contributed by atoms with van der Waals surface area (Å²) >= 11 is 0. The van der Waals surface area contributed by atoms with Gasteiger partial charge in [0, 0.05) is 32.2 Å². The highest BCUT2D eigenvalue weighted by molar-refractivity contribution is 5.44. The number of nitrogens with zero attached hydrogens (tertiary/aromatic N) is 7. The van der Waals surface area contributed by atoms with Crippen LogP contribution in [0.4, 0.5) is 5.69 Å². The van der Waals surface area contributed by atoms with Gasteiger partial charge in [0.05, 0.1) is 11.9 Å². The van der Waals surface area contributed by atoms with Gasteiger partial charge in [-0.25, -0.2) is 9.36 Å². The predicted molar refractivity (Wildman–Crippen MR) is 85.0 cm³/mol. The van der Waals surface area contributed by atoms with Gasteiger partial charge in [-0.1, -0.05) is 0 Å². The Morgan fingerprint density at radius 2 is 2.17 bits per heavy atom. The van der Waals surface area contributed by atoms with Crippen LogP contribution in [0.25, 0.3) is 0 Å². The standard InChI is InChI=1S/C14H22N8O/c1-11-17-18-19-21(11)4-2-5-22-14(23)7-13(9-16-22)20-6-3-12(8-15)10-20/h7,9,12H,2-6,8,10,15H2,1H3/t12-/m0/s1. The first kappa shape index (κ1) is 15.6. The van der Waals surface area contributed by atoms with E-state index < -0.39 is 0 Å². The molecule has 0 aromatic carbocycles. The number of anilines is 1. The SMILES string of the molecule is Cc1nnnn1CCCn1ncc(N2CC[C@@H](CN)C2)cc1=O. The van der Waals surface area contributed by atoms with Crippen molar-refractivity contribution in [3.05, 3.63) is 28.4 Å². The molecule has 0 saturated carbocycles. The lowest BCUT2D eigenvalue weighted by molar-refractivity contribution is 0.473. The fraction of sp³-hybridized carbons (Fsp3) is 0.643. The Balaban J connectivity index is 1.59. The summed E-state index contributed by atoms with van der Waals surface area (Å²) in [4.78, 5) is 14.4. The molecular weight excluding hydrogens is 296 g/mol. The van der Waals surface area contributed by atoms with E-state index in [2.05, 4.69) is 25.5 Å². The van der Waals surface area contributed by atoms with Crippen molar-refractivity contribution in [2.24, 2.45) is 11.7 Å². The van der Waals surface area contributed by atoms with Gasteiger partial charge in [0.25, 0.3) is 5.56 Å². The van der Waals surface area contributed by atoms with Crippen LogP contribution in [0.15, 0.2) is 17.1 Å². The molecule has 9 heteroatoms. The van der Waals surface area contributed by atoms with Crippen LogP contribution in [0, 0.1) is 12.8 Å². The normalized spacial score (nSPS) is 17.8. The zero-order valence-corrected chi connectivity index (χ0v) is 13.3. The summed E-state index contributed by atoms with van der Waals surface area (Å²) in [6.07, 6.45) is 3.59. The summed E-state index contributed by atoms with van der Waals surface area (Å²) in [5, 5.41) is 15.6. The summed E-state index contributed by atoms with van der Waals surface area (Å²) in [5.74, 6) is 1.28. The fourth-order valence-electron chi connectivity index (χ4n) is 2.85. The molecule has 124 valence electrons. The van der Waals surface area contributed by atoms with Gasteiger partial charge in [-0.2, -0.15) is 5.10 Å². The van der Waals surface area contributed by atoms with E-state index in [1.807, 2.05) is 6.92 Å². The van der Waals surface area contributed by atoms with Crippen molar-refractivity contribution in [2.45, 2.75) is 32.9 Å². The second kappa shape index (κ2) is 6.86. The van der Waals surface area contributed by atoms with Crippen LogP contribution in [-0.2, 0) is 13.1 Å². The van der Waals surface area contributed by atoms with Gasteiger partial charge in [-0.15, -0.1) is 5.10 Å². The van der Waals surface area contributed by atoms with Gasteiger partial charge < -0.3 is 10.6 Å². The van der Waals surface area contributed by atoms with Crippen molar-refractivity contribution in [1.29, 1.82) is 0 Å². The average Bonchev–Trinajstić information content (AvgIpc) is 3.18. The Labute approximate surface area is 134 Å². The molecule has 1 aliphatic rings. The number of aryl methyl sites for hydroxylation is 3. The molecular formula is C14H22N8O. The predicted octanol–water partition coefficient (Wildman–Crippen LogP) is -0.586. The fourth-order valence-corrected chi connectivity index (χ4v) is 2.85. The zero-order valence-electron chi connectivity index (χ0n) is 13.3. The van der Waals surface area contributed by atoms with E-state index in [-0.39, 0.29) is 5.56 Å². The number of hydrogen-bond donors (Lipinski definition) is 1. The van der Waals surface area contributed by atoms with Crippen molar-refractivity contribution in [1.82, 2.24) is 30.0 Å². The second-order valence-corrected chi connectivity index (χ2v) is 5.91. The summed E-state index contributed by atoms with van der Waals surface area (Å²) in [6.45, 7) is 5.59. The quantitative estimate of drug-likeness (QED) is 0.758. The van der Waals surface area contributed by atoms with Crippen molar-refractivity contribution in [3.63, 3.8) is 0 Å². The molecule has 3 rings (SSSR count). The topological polar surface area (TPSA) is 108 Å². The van der Waals surface area contributed by atoms with Crippen LogP contribution in [0.1, 0.15) is 18.7 Å². The summed E-state index contributed by atoms with van der Waals surface area (Å²) in [5.41, 5.74) is 6.52. The molecule has 1 saturated heterocycles. The Bertz CT molecular complexity index is 709. The van der Waals surface area contributed by atoms with Crippen LogP contribution >= 0.6 is 0 Å². The van der Waals surface area contributed by atoms with Crippen molar-refractivity contribution >= 4 is 5.69 Å². The molecule has 1 atom stereocenters. The molecule has 0 spiro atoms. The van der Waals surface area contributed by atoms with Crippen LogP contribution in [-0.4, -0.2) is 49.6 Å². The number of nitrogens with two attached hydrogens (primary N) is 1. The maximum atomic E-state index is 12.2. The maximum Gasteiger partial charge on any atom is 0.268 e. The molecule has 2 aromatic rings. The van der Waals surface area contributed by atoms with Gasteiger partial charge >= 0.3 is 0 Å². The third kappa shape index (κ3) is 3.55. The van der Waals surface area contributed by atoms with E-state index in [1.165, 1.54) is 4.68 Å². The molecule has 0 radical (unpaired) electrons. The number of rotatable bonds is 6. The summed E-state index contributed by atoms with van der Waals surface area (Å²) in [6, 6.07) is 1.66. The zero-order chi connectivity index (χ0) is 16.2. The molecule has 3 heterocycles. The van der Waals surface area contributed by atoms with Crippen molar-refractivity contribution < 1.29 is 0 Å². The molecule has 0 bridgehead atoms. The summed E-state index contributed by atoms with van der Waals surface area (Å²) in [7, 11) is 0. The van der Waals surface area contributed by atoms with Crippen LogP contribution < -0.4 is 16.2 Å². The number of hydrogen-bond acceptors (Lipinski definition) is 7. The molecule has 1 fully saturated rings. The summed E-state index contributed by atoms with van der Waals surface area (Å²) < 4.78 is 3.20. The van der Waals surface area contributed by atoms with Gasteiger partial charge in [-0.05, 0) is 42.7 Å². The first-order valence-electron chi connectivity index (χ1n) is 7.92. The van der Waals surface area contributed by atoms with E-state index in [4.69, 9.17) is 5.73 Å². The molecule has 0 unspecified atom stereocenters. The largest absolute Gasteiger partial charge is 0.370 e. The lowest BCUT2D eigenvalue weighted by Gasteiger charge is -2.18. The van der Waals surface area contributed by atoms with E-state index in [0.29, 0.717) is 25.6 Å². The molecule has 0 aliphatic carbocycles. The second-order valence-electron chi connectivity index (χ2n) is 5.91. The third-order valence-corrected chi connectivity index (χ3v) is 4.29. The number of aromatic nitrogens is 6. The molecule has 2 N–H and O–H groups in total. The minimum absolute atomic E-state index is 0.0767. The van der Waals surface area contributed by atoms with Crippen LogP contribution in [0.2, 0.25) is 0 Å². The smallest absolute Gasteiger partial charge is 0.268 e. The average molecular weight is 318 g/mol. The van der Waals surface area contributed by atoms with E-state index in [9.17, 15) is 4.79 Å². The Morgan fingerprint density at radius 3 is 2.83 bits per heavy atom. The van der Waals surface area contributed by atoms with Crippen molar-refractivity contribution in [2.75, 3.05) is 24.5 Å². The lowest BCUT2D eigenvalue weighted by atomic mass is 10.1. The minimum Gasteiger partial charge on any atom is -0.370 e. The highest BCUT2D eigenvalue weighted by Crippen LogP contribution is 2.21. The molecule has 9 nitrogen and oxygen atoms in total. The first-order valence-corrected chi connectivity index (χ1v) is 7.92. The molecule has 2 aromatic heterocycles. The molecule has 0 amide bonds. The third-order valence-electron chi connectivity index (χ3n) is 4.29. The maximum absolute atomic E-state index is 12.2. The Morgan fingerprint density at radius 1 is 1.35 bits per heavy atom. The van der Waals surface area contributed by atoms with Gasteiger partial charge in [0.15, 0.2) is 0 Å². The van der Waals surface area contributed by atoms with Gasteiger partial charge in [0.1, 0.15) is 5.82 Å². The number of tetrazole rings is 1. The van der Waals surface area contributed by atoms with E-state index >= 15 is 0 Å². The monoisotopic (exact) mass is 318 g/mol. The molecule has 1 aliphatic heterocycles. The van der Waals surface area contributed by atoms with E-state index in [1.54, 1.807) is 16.9 Å².